The molecule has 0 unspecified atom stereocenters. The number of hydrogen-bond acceptors (Lipinski definition) is 10. The first-order chi connectivity index (χ1) is 26.3. The Bertz CT molecular complexity index is 2010. The third-order valence-corrected chi connectivity index (χ3v) is 10.5. The van der Waals surface area contributed by atoms with E-state index in [1.54, 1.807) is 77.9 Å². The Kier molecular flexibility index (Phi) is 11.3. The molecule has 3 saturated carbocycles. The summed E-state index contributed by atoms with van der Waals surface area (Å²) in [7, 11) is 0. The molecular formula is C44H52N2O10. The van der Waals surface area contributed by atoms with Gasteiger partial charge in [0, 0.05) is 23.1 Å². The number of amides is 2. The number of benzene rings is 3. The Morgan fingerprint density at radius 1 is 0.750 bits per heavy atom. The van der Waals surface area contributed by atoms with Crippen molar-refractivity contribution in [1.29, 1.82) is 0 Å². The van der Waals surface area contributed by atoms with Crippen LogP contribution in [0.2, 0.25) is 0 Å². The molecule has 0 saturated heterocycles. The van der Waals surface area contributed by atoms with Gasteiger partial charge in [-0.2, -0.15) is 0 Å². The maximum absolute atomic E-state index is 13.3. The second-order valence-electron chi connectivity index (χ2n) is 17.5. The predicted octanol–water partition coefficient (Wildman–Crippen LogP) is 7.88. The van der Waals surface area contributed by atoms with Crippen LogP contribution in [-0.2, 0) is 28.5 Å². The quantitative estimate of drug-likeness (QED) is 0.0833. The molecule has 0 spiro atoms. The van der Waals surface area contributed by atoms with Crippen molar-refractivity contribution in [1.82, 2.24) is 10.6 Å². The Hall–Kier alpha value is -5.26. The molecule has 56 heavy (non-hydrogen) atoms. The van der Waals surface area contributed by atoms with Crippen LogP contribution in [0.4, 0.5) is 9.59 Å². The molecule has 0 bridgehead atoms. The number of carbonyl (C=O) groups is 6. The Balaban J connectivity index is 1.01. The van der Waals surface area contributed by atoms with Crippen LogP contribution in [0.15, 0.2) is 60.7 Å². The summed E-state index contributed by atoms with van der Waals surface area (Å²) in [6.07, 6.45) is 4.23. The second kappa shape index (κ2) is 15.7. The largest absolute Gasteiger partial charge is 0.457 e. The topological polar surface area (TPSA) is 163 Å². The van der Waals surface area contributed by atoms with Gasteiger partial charge < -0.3 is 29.6 Å². The minimum Gasteiger partial charge on any atom is -0.457 e. The molecule has 3 aromatic carbocycles. The normalized spacial score (nSPS) is 19.4. The van der Waals surface area contributed by atoms with Crippen LogP contribution in [0, 0.1) is 11.3 Å². The van der Waals surface area contributed by atoms with Crippen LogP contribution in [-0.4, -0.2) is 71.7 Å². The zero-order chi connectivity index (χ0) is 40.5. The summed E-state index contributed by atoms with van der Waals surface area (Å²) in [6.45, 7) is 9.76. The van der Waals surface area contributed by atoms with Crippen molar-refractivity contribution in [3.05, 3.63) is 71.8 Å². The third kappa shape index (κ3) is 10.5. The van der Waals surface area contributed by atoms with Gasteiger partial charge in [-0.25, -0.2) is 14.4 Å². The number of fused-ring (bicyclic) bond motifs is 2. The van der Waals surface area contributed by atoms with Crippen LogP contribution in [0.3, 0.4) is 0 Å². The van der Waals surface area contributed by atoms with Crippen LogP contribution < -0.4 is 10.6 Å². The average molecular weight is 769 g/mol. The number of rotatable bonds is 16. The van der Waals surface area contributed by atoms with E-state index < -0.39 is 54.6 Å². The monoisotopic (exact) mass is 768 g/mol. The fraction of sp³-hybridized carbons (Fsp3) is 0.500. The molecular weight excluding hydrogens is 716 g/mol. The van der Waals surface area contributed by atoms with Crippen molar-refractivity contribution in [2.45, 2.75) is 116 Å². The standard InChI is InChI=1S/C44H52N2O10/c1-41(2,3)55-39(51)45-34(24-43-22-29(43)23-43)38(50)54-25-35(47)28-17-15-27(16-18-28)30-10-7-12-32-31(30)11-8-13-33(32)36(48)26-53-37(49)14-9-19-44(20-21-44)46-40(52)56-42(4,5)6/h7-8,10-13,15-18,29,34H,9,14,19-26H2,1-6H3,(H,45,51)(H,46,52)/t29?,34-,43?/m0/s1. The lowest BCUT2D eigenvalue weighted by Crippen LogP contribution is -2.45. The van der Waals surface area contributed by atoms with Gasteiger partial charge in [0.1, 0.15) is 17.2 Å². The first-order valence-corrected chi connectivity index (χ1v) is 19.4. The van der Waals surface area contributed by atoms with E-state index in [1.807, 2.05) is 24.3 Å². The molecule has 12 heteroatoms. The summed E-state index contributed by atoms with van der Waals surface area (Å²) in [5, 5.41) is 7.07. The van der Waals surface area contributed by atoms with Crippen molar-refractivity contribution in [3.63, 3.8) is 0 Å². The van der Waals surface area contributed by atoms with Gasteiger partial charge >= 0.3 is 24.1 Å². The number of esters is 2. The van der Waals surface area contributed by atoms with Crippen molar-refractivity contribution < 1.29 is 47.7 Å². The van der Waals surface area contributed by atoms with E-state index in [0.29, 0.717) is 41.7 Å². The van der Waals surface area contributed by atoms with Crippen molar-refractivity contribution in [3.8, 4) is 11.1 Å². The lowest BCUT2D eigenvalue weighted by Gasteiger charge is -2.23. The van der Waals surface area contributed by atoms with Crippen molar-refractivity contribution >= 4 is 46.5 Å². The van der Waals surface area contributed by atoms with Gasteiger partial charge in [-0.3, -0.25) is 14.4 Å². The van der Waals surface area contributed by atoms with Gasteiger partial charge in [-0.1, -0.05) is 60.7 Å². The number of hydrogen-bond donors (Lipinski definition) is 2. The van der Waals surface area contributed by atoms with E-state index in [0.717, 1.165) is 42.2 Å². The Labute approximate surface area is 327 Å². The van der Waals surface area contributed by atoms with E-state index in [9.17, 15) is 28.8 Å². The van der Waals surface area contributed by atoms with Crippen LogP contribution in [0.1, 0.15) is 114 Å². The van der Waals surface area contributed by atoms with Crippen LogP contribution in [0.5, 0.6) is 0 Å². The highest BCUT2D eigenvalue weighted by Gasteiger charge is 2.70. The number of nitrogens with one attached hydrogen (secondary N) is 2. The minimum absolute atomic E-state index is 0.0894. The van der Waals surface area contributed by atoms with E-state index in [2.05, 4.69) is 10.6 Å². The summed E-state index contributed by atoms with van der Waals surface area (Å²) < 4.78 is 21.5. The summed E-state index contributed by atoms with van der Waals surface area (Å²) >= 11 is 0. The fourth-order valence-electron chi connectivity index (χ4n) is 7.12. The number of carbonyl (C=O) groups excluding carboxylic acids is 6. The maximum Gasteiger partial charge on any atom is 0.408 e. The van der Waals surface area contributed by atoms with E-state index in [1.165, 1.54) is 0 Å². The molecule has 0 heterocycles. The lowest BCUT2D eigenvalue weighted by atomic mass is 9.94. The molecule has 0 aromatic heterocycles. The molecule has 6 rings (SSSR count). The number of Topliss-reactive ketones (excluding diaryl/α,β-unsaturated/α-hetero) is 2. The molecule has 0 aliphatic heterocycles. The van der Waals surface area contributed by atoms with Gasteiger partial charge in [0.05, 0.1) is 0 Å². The highest BCUT2D eigenvalue weighted by atomic mass is 16.6. The summed E-state index contributed by atoms with van der Waals surface area (Å²) in [5.41, 5.74) is 0.825. The highest BCUT2D eigenvalue weighted by Crippen LogP contribution is 2.77. The van der Waals surface area contributed by atoms with Gasteiger partial charge in [0.15, 0.2) is 19.0 Å². The molecule has 3 aliphatic carbocycles. The van der Waals surface area contributed by atoms with Gasteiger partial charge in [-0.15, -0.1) is 0 Å². The number of alkyl carbamates (subject to hydrolysis) is 2. The third-order valence-electron chi connectivity index (χ3n) is 10.5. The molecule has 2 N–H and O–H groups in total. The molecule has 3 aromatic rings. The van der Waals surface area contributed by atoms with Gasteiger partial charge in [-0.05, 0) is 120 Å². The van der Waals surface area contributed by atoms with Crippen LogP contribution >= 0.6 is 0 Å². The SMILES string of the molecule is CC(C)(C)OC(=O)N[C@@H](CC12CC1C2)C(=O)OCC(=O)c1ccc(-c2cccc3c(C(=O)COC(=O)CCCC4(NC(=O)OC(C)(C)C)CC4)cccc23)cc1. The zero-order valence-electron chi connectivity index (χ0n) is 33.1. The number of ketones is 2. The van der Waals surface area contributed by atoms with Gasteiger partial charge in [0.2, 0.25) is 5.78 Å². The highest BCUT2D eigenvalue weighted by molar-refractivity contribution is 6.12. The van der Waals surface area contributed by atoms with Crippen molar-refractivity contribution in [2.75, 3.05) is 13.2 Å². The smallest absolute Gasteiger partial charge is 0.408 e. The first-order valence-electron chi connectivity index (χ1n) is 19.4. The Morgan fingerprint density at radius 3 is 1.98 bits per heavy atom. The molecule has 0 radical (unpaired) electrons. The lowest BCUT2D eigenvalue weighted by molar-refractivity contribution is -0.145. The average Bonchev–Trinajstić information content (AvgIpc) is 4.06. The molecule has 3 fully saturated rings. The van der Waals surface area contributed by atoms with Crippen LogP contribution in [0.25, 0.3) is 21.9 Å². The molecule has 298 valence electrons. The van der Waals surface area contributed by atoms with Crippen molar-refractivity contribution in [2.24, 2.45) is 11.3 Å². The molecule has 12 nitrogen and oxygen atoms in total. The summed E-state index contributed by atoms with van der Waals surface area (Å²) in [5.74, 6) is -1.28. The van der Waals surface area contributed by atoms with Gasteiger partial charge in [0.25, 0.3) is 0 Å². The summed E-state index contributed by atoms with van der Waals surface area (Å²) in [6, 6.07) is 17.0. The summed E-state index contributed by atoms with van der Waals surface area (Å²) in [4.78, 5) is 76.6. The van der Waals surface area contributed by atoms with E-state index >= 15 is 0 Å². The second-order valence-corrected chi connectivity index (χ2v) is 17.5. The molecule has 1 atom stereocenters. The predicted molar refractivity (Wildman–Crippen MR) is 208 cm³/mol. The number of ether oxygens (including phenoxy) is 4. The minimum atomic E-state index is -0.899. The van der Waals surface area contributed by atoms with E-state index in [4.69, 9.17) is 18.9 Å². The Morgan fingerprint density at radius 2 is 1.36 bits per heavy atom. The molecule has 2 amide bonds. The van der Waals surface area contributed by atoms with E-state index in [-0.39, 0.29) is 28.9 Å². The molecule has 3 aliphatic rings. The fourth-order valence-corrected chi connectivity index (χ4v) is 7.12. The first kappa shape index (κ1) is 40.4. The zero-order valence-corrected chi connectivity index (χ0v) is 33.1. The maximum atomic E-state index is 13.3.